The lowest BCUT2D eigenvalue weighted by atomic mass is 10.1. The number of anilines is 1. The number of carboxylic acids is 1. The van der Waals surface area contributed by atoms with Crippen LogP contribution in [-0.4, -0.2) is 24.3 Å². The number of ether oxygens (including phenoxy) is 2. The molecule has 0 radical (unpaired) electrons. The Morgan fingerprint density at radius 1 is 1.47 bits per heavy atom. The number of carbonyl (C=O) groups is 1. The fourth-order valence-electron chi connectivity index (χ4n) is 1.53. The Bertz CT molecular complexity index is 428. The van der Waals surface area contributed by atoms with E-state index in [0.29, 0.717) is 36.0 Å². The van der Waals surface area contributed by atoms with Crippen molar-refractivity contribution < 1.29 is 19.4 Å². The van der Waals surface area contributed by atoms with Crippen LogP contribution >= 0.6 is 0 Å². The summed E-state index contributed by atoms with van der Waals surface area (Å²) in [4.78, 5) is 10.9. The minimum Gasteiger partial charge on any atom is -0.486 e. The van der Waals surface area contributed by atoms with Crippen LogP contribution in [0.3, 0.4) is 0 Å². The summed E-state index contributed by atoms with van der Waals surface area (Å²) in [6.45, 7) is 2.49. The van der Waals surface area contributed by atoms with Crippen molar-refractivity contribution in [3.63, 3.8) is 0 Å². The van der Waals surface area contributed by atoms with Crippen molar-refractivity contribution in [2.24, 2.45) is 0 Å². The van der Waals surface area contributed by atoms with Crippen molar-refractivity contribution >= 4 is 11.7 Å². The highest BCUT2D eigenvalue weighted by molar-refractivity contribution is 5.93. The first kappa shape index (κ1) is 9.64. The van der Waals surface area contributed by atoms with E-state index in [1.807, 2.05) is 0 Å². The Kier molecular flexibility index (Phi) is 2.15. The van der Waals surface area contributed by atoms with E-state index < -0.39 is 5.97 Å². The Labute approximate surface area is 86.4 Å². The van der Waals surface area contributed by atoms with Crippen LogP contribution in [0, 0.1) is 6.92 Å². The van der Waals surface area contributed by atoms with Gasteiger partial charge in [-0.3, -0.25) is 0 Å². The van der Waals surface area contributed by atoms with Crippen molar-refractivity contribution in [3.8, 4) is 11.5 Å². The molecule has 80 valence electrons. The van der Waals surface area contributed by atoms with Crippen molar-refractivity contribution in [3.05, 3.63) is 17.2 Å². The predicted molar refractivity (Wildman–Crippen MR) is 53.5 cm³/mol. The summed E-state index contributed by atoms with van der Waals surface area (Å²) >= 11 is 0. The molecule has 0 saturated heterocycles. The summed E-state index contributed by atoms with van der Waals surface area (Å²) in [5.74, 6) is -0.165. The van der Waals surface area contributed by atoms with Gasteiger partial charge < -0.3 is 20.3 Å². The molecule has 0 fully saturated rings. The first-order valence-corrected chi connectivity index (χ1v) is 4.53. The summed E-state index contributed by atoms with van der Waals surface area (Å²) in [6, 6.07) is 1.45. The quantitative estimate of drug-likeness (QED) is 0.675. The number of nitrogen functional groups attached to an aromatic ring is 1. The number of nitrogens with two attached hydrogens (primary N) is 1. The number of fused-ring (bicyclic) bond motifs is 1. The Hall–Kier alpha value is -1.91. The second kappa shape index (κ2) is 3.34. The van der Waals surface area contributed by atoms with Gasteiger partial charge in [0.05, 0.1) is 11.3 Å². The van der Waals surface area contributed by atoms with Crippen molar-refractivity contribution in [2.75, 3.05) is 18.9 Å². The summed E-state index contributed by atoms with van der Waals surface area (Å²) in [7, 11) is 0. The first-order chi connectivity index (χ1) is 7.11. The highest BCUT2D eigenvalue weighted by atomic mass is 16.6. The molecule has 0 aliphatic carbocycles. The van der Waals surface area contributed by atoms with E-state index in [-0.39, 0.29) is 5.56 Å². The number of hydrogen-bond donors (Lipinski definition) is 2. The van der Waals surface area contributed by atoms with Crippen LogP contribution in [-0.2, 0) is 0 Å². The third-order valence-electron chi connectivity index (χ3n) is 2.37. The zero-order valence-corrected chi connectivity index (χ0v) is 8.24. The molecule has 15 heavy (non-hydrogen) atoms. The number of benzene rings is 1. The molecule has 5 nitrogen and oxygen atoms in total. The lowest BCUT2D eigenvalue weighted by Gasteiger charge is -2.21. The van der Waals surface area contributed by atoms with Crippen LogP contribution < -0.4 is 15.2 Å². The van der Waals surface area contributed by atoms with Gasteiger partial charge in [-0.05, 0) is 18.6 Å². The van der Waals surface area contributed by atoms with E-state index in [4.69, 9.17) is 20.3 Å². The molecule has 1 aromatic rings. The molecular weight excluding hydrogens is 198 g/mol. The number of rotatable bonds is 1. The monoisotopic (exact) mass is 209 g/mol. The van der Waals surface area contributed by atoms with Gasteiger partial charge >= 0.3 is 5.97 Å². The van der Waals surface area contributed by atoms with E-state index in [2.05, 4.69) is 0 Å². The molecule has 0 spiro atoms. The maximum atomic E-state index is 10.9. The third kappa shape index (κ3) is 1.45. The molecule has 0 aromatic heterocycles. The average molecular weight is 209 g/mol. The molecule has 0 atom stereocenters. The van der Waals surface area contributed by atoms with Crippen molar-refractivity contribution in [2.45, 2.75) is 6.92 Å². The van der Waals surface area contributed by atoms with Gasteiger partial charge in [0, 0.05) is 0 Å². The SMILES string of the molecule is Cc1c(C(=O)O)cc2c(c1N)OCCO2. The summed E-state index contributed by atoms with van der Waals surface area (Å²) in [6.07, 6.45) is 0. The van der Waals surface area contributed by atoms with E-state index >= 15 is 0 Å². The Morgan fingerprint density at radius 3 is 2.80 bits per heavy atom. The van der Waals surface area contributed by atoms with Gasteiger partial charge in [0.15, 0.2) is 11.5 Å². The predicted octanol–water partition coefficient (Wildman–Crippen LogP) is 1.05. The largest absolute Gasteiger partial charge is 0.486 e. The number of aromatic carboxylic acids is 1. The molecule has 0 saturated carbocycles. The molecule has 5 heteroatoms. The molecule has 1 aliphatic rings. The summed E-state index contributed by atoms with van der Waals surface area (Å²) in [5.41, 5.74) is 6.77. The number of hydrogen-bond acceptors (Lipinski definition) is 4. The standard InChI is InChI=1S/C10H11NO4/c1-5-6(10(12)13)4-7-9(8(5)11)15-3-2-14-7/h4H,2-3,11H2,1H3,(H,12,13). The van der Waals surface area contributed by atoms with Gasteiger partial charge in [0.2, 0.25) is 0 Å². The lowest BCUT2D eigenvalue weighted by molar-refractivity contribution is 0.0695. The van der Waals surface area contributed by atoms with Crippen LogP contribution in [0.25, 0.3) is 0 Å². The minimum atomic E-state index is -1.02. The van der Waals surface area contributed by atoms with E-state index in [9.17, 15) is 4.79 Å². The fraction of sp³-hybridized carbons (Fsp3) is 0.300. The third-order valence-corrected chi connectivity index (χ3v) is 2.37. The maximum absolute atomic E-state index is 10.9. The Morgan fingerprint density at radius 2 is 2.13 bits per heavy atom. The van der Waals surface area contributed by atoms with Gasteiger partial charge in [-0.1, -0.05) is 0 Å². The summed E-state index contributed by atoms with van der Waals surface area (Å²) in [5, 5.41) is 8.94. The Balaban J connectivity index is 2.63. The molecule has 2 rings (SSSR count). The topological polar surface area (TPSA) is 81.8 Å². The highest BCUT2D eigenvalue weighted by Crippen LogP contribution is 2.39. The van der Waals surface area contributed by atoms with E-state index in [1.165, 1.54) is 6.07 Å². The van der Waals surface area contributed by atoms with Crippen LogP contribution in [0.4, 0.5) is 5.69 Å². The van der Waals surface area contributed by atoms with Crippen LogP contribution in [0.5, 0.6) is 11.5 Å². The zero-order chi connectivity index (χ0) is 11.0. The maximum Gasteiger partial charge on any atom is 0.336 e. The van der Waals surface area contributed by atoms with Gasteiger partial charge in [-0.25, -0.2) is 4.79 Å². The second-order valence-corrected chi connectivity index (χ2v) is 3.29. The fourth-order valence-corrected chi connectivity index (χ4v) is 1.53. The second-order valence-electron chi connectivity index (χ2n) is 3.29. The molecule has 0 amide bonds. The first-order valence-electron chi connectivity index (χ1n) is 4.53. The van der Waals surface area contributed by atoms with Gasteiger partial charge in [-0.2, -0.15) is 0 Å². The van der Waals surface area contributed by atoms with Crippen molar-refractivity contribution in [1.82, 2.24) is 0 Å². The highest BCUT2D eigenvalue weighted by Gasteiger charge is 2.21. The average Bonchev–Trinajstić information content (AvgIpc) is 2.23. The van der Waals surface area contributed by atoms with E-state index in [1.54, 1.807) is 6.92 Å². The molecule has 1 aliphatic heterocycles. The molecular formula is C10H11NO4. The van der Waals surface area contributed by atoms with Crippen LogP contribution in [0.15, 0.2) is 6.07 Å². The lowest BCUT2D eigenvalue weighted by Crippen LogP contribution is -2.18. The molecule has 3 N–H and O–H groups in total. The van der Waals surface area contributed by atoms with Crippen LogP contribution in [0.2, 0.25) is 0 Å². The number of carboxylic acid groups (broad SMARTS) is 1. The van der Waals surface area contributed by atoms with Gasteiger partial charge in [0.1, 0.15) is 13.2 Å². The van der Waals surface area contributed by atoms with Crippen LogP contribution in [0.1, 0.15) is 15.9 Å². The van der Waals surface area contributed by atoms with Gasteiger partial charge in [0.25, 0.3) is 0 Å². The molecule has 1 aromatic carbocycles. The molecule has 1 heterocycles. The molecule has 0 bridgehead atoms. The minimum absolute atomic E-state index is 0.150. The van der Waals surface area contributed by atoms with Crippen molar-refractivity contribution in [1.29, 1.82) is 0 Å². The van der Waals surface area contributed by atoms with E-state index in [0.717, 1.165) is 0 Å². The van der Waals surface area contributed by atoms with Gasteiger partial charge in [-0.15, -0.1) is 0 Å². The molecule has 0 unspecified atom stereocenters. The smallest absolute Gasteiger partial charge is 0.336 e. The normalized spacial score (nSPS) is 13.7. The zero-order valence-electron chi connectivity index (χ0n) is 8.24. The summed E-state index contributed by atoms with van der Waals surface area (Å²) < 4.78 is 10.6.